The van der Waals surface area contributed by atoms with Crippen molar-refractivity contribution in [1.29, 1.82) is 0 Å². The first-order valence-electron chi connectivity index (χ1n) is 10.3. The molecule has 4 aromatic rings. The highest BCUT2D eigenvalue weighted by atomic mass is 32.1. The number of carbonyl (C=O) groups excluding carboxylic acids is 2. The summed E-state index contributed by atoms with van der Waals surface area (Å²) in [5, 5.41) is 6.48. The van der Waals surface area contributed by atoms with Crippen LogP contribution in [0.3, 0.4) is 0 Å². The minimum absolute atomic E-state index is 0.0347. The van der Waals surface area contributed by atoms with Gasteiger partial charge in [0.05, 0.1) is 17.7 Å². The van der Waals surface area contributed by atoms with Crippen molar-refractivity contribution in [3.8, 4) is 11.3 Å². The Bertz CT molecular complexity index is 1510. The number of thiophene rings is 1. The zero-order valence-electron chi connectivity index (χ0n) is 17.9. The number of benzene rings is 1. The van der Waals surface area contributed by atoms with Gasteiger partial charge in [0.25, 0.3) is 11.8 Å². The van der Waals surface area contributed by atoms with E-state index in [0.29, 0.717) is 22.6 Å². The molecule has 1 atom stereocenters. The molecule has 1 aliphatic heterocycles. The van der Waals surface area contributed by atoms with Gasteiger partial charge in [-0.15, -0.1) is 11.3 Å². The SMILES string of the molecule is NC(=O)c1sc2nc(C(F)(F)F)cc(-c3ccco3)c2c1NC(=O)C1CC(c2ccc(F)cc2)=NO1. The van der Waals surface area contributed by atoms with E-state index < -0.39 is 35.6 Å². The summed E-state index contributed by atoms with van der Waals surface area (Å²) in [7, 11) is 0. The van der Waals surface area contributed by atoms with E-state index in [1.807, 2.05) is 0 Å². The molecule has 1 aliphatic rings. The average molecular weight is 518 g/mol. The normalized spacial score (nSPS) is 15.6. The van der Waals surface area contributed by atoms with Crippen molar-refractivity contribution in [3.05, 3.63) is 70.7 Å². The summed E-state index contributed by atoms with van der Waals surface area (Å²) in [4.78, 5) is 33.7. The summed E-state index contributed by atoms with van der Waals surface area (Å²) in [5.41, 5.74) is 5.07. The molecular weight excluding hydrogens is 504 g/mol. The molecular formula is C23H14F4N4O4S. The van der Waals surface area contributed by atoms with Crippen molar-refractivity contribution in [2.24, 2.45) is 10.9 Å². The van der Waals surface area contributed by atoms with Crippen LogP contribution in [0.15, 0.2) is 58.3 Å². The zero-order valence-corrected chi connectivity index (χ0v) is 18.7. The molecule has 4 heterocycles. The molecule has 0 radical (unpaired) electrons. The summed E-state index contributed by atoms with van der Waals surface area (Å²) in [6, 6.07) is 9.13. The molecule has 5 rings (SSSR count). The lowest BCUT2D eigenvalue weighted by Gasteiger charge is -2.12. The molecule has 36 heavy (non-hydrogen) atoms. The number of alkyl halides is 3. The Morgan fingerprint density at radius 2 is 1.92 bits per heavy atom. The van der Waals surface area contributed by atoms with E-state index in [0.717, 1.165) is 6.07 Å². The summed E-state index contributed by atoms with van der Waals surface area (Å²) >= 11 is 0.610. The summed E-state index contributed by atoms with van der Waals surface area (Å²) < 4.78 is 59.1. The molecule has 0 aliphatic carbocycles. The Hall–Kier alpha value is -4.26. The van der Waals surface area contributed by atoms with Gasteiger partial charge < -0.3 is 20.3 Å². The predicted octanol–water partition coefficient (Wildman–Crippen LogP) is 4.94. The minimum Gasteiger partial charge on any atom is -0.464 e. The molecule has 13 heteroatoms. The number of furan rings is 1. The third kappa shape index (κ3) is 4.28. The highest BCUT2D eigenvalue weighted by Gasteiger charge is 2.36. The van der Waals surface area contributed by atoms with E-state index in [1.165, 1.54) is 42.7 Å². The fraction of sp³-hybridized carbons (Fsp3) is 0.130. The molecule has 1 aromatic carbocycles. The molecule has 3 N–H and O–H groups in total. The standard InChI is InChI=1S/C23H14F4N4O4S/c24-11-5-3-10(4-6-11)13-9-15(35-31-13)21(33)30-18-17-12(14-2-1-7-34-14)8-16(23(25,26)27)29-22(17)36-19(18)20(28)32/h1-8,15H,9H2,(H2,28,32)(H,30,33). The van der Waals surface area contributed by atoms with Gasteiger partial charge in [0, 0.05) is 17.4 Å². The molecule has 0 spiro atoms. The highest BCUT2D eigenvalue weighted by molar-refractivity contribution is 7.21. The molecule has 3 aromatic heterocycles. The van der Waals surface area contributed by atoms with Gasteiger partial charge in [-0.2, -0.15) is 13.2 Å². The van der Waals surface area contributed by atoms with Crippen molar-refractivity contribution in [2.75, 3.05) is 5.32 Å². The van der Waals surface area contributed by atoms with Gasteiger partial charge in [-0.1, -0.05) is 17.3 Å². The number of nitrogens with one attached hydrogen (secondary N) is 1. The Morgan fingerprint density at radius 3 is 2.56 bits per heavy atom. The third-order valence-corrected chi connectivity index (χ3v) is 6.45. The van der Waals surface area contributed by atoms with Gasteiger partial charge in [0.15, 0.2) is 0 Å². The number of hydrogen-bond acceptors (Lipinski definition) is 7. The topological polar surface area (TPSA) is 120 Å². The smallest absolute Gasteiger partial charge is 0.433 e. The van der Waals surface area contributed by atoms with Crippen molar-refractivity contribution in [1.82, 2.24) is 4.98 Å². The number of anilines is 1. The largest absolute Gasteiger partial charge is 0.464 e. The van der Waals surface area contributed by atoms with Crippen LogP contribution >= 0.6 is 11.3 Å². The van der Waals surface area contributed by atoms with Gasteiger partial charge >= 0.3 is 6.18 Å². The monoisotopic (exact) mass is 518 g/mol. The number of amides is 2. The maximum absolute atomic E-state index is 13.5. The number of rotatable bonds is 5. The molecule has 0 saturated heterocycles. The van der Waals surface area contributed by atoms with Crippen LogP contribution in [0.4, 0.5) is 23.2 Å². The van der Waals surface area contributed by atoms with Crippen LogP contribution in [0.2, 0.25) is 0 Å². The van der Waals surface area contributed by atoms with Gasteiger partial charge in [0.1, 0.15) is 27.0 Å². The predicted molar refractivity (Wildman–Crippen MR) is 122 cm³/mol. The number of pyridine rings is 1. The van der Waals surface area contributed by atoms with Crippen LogP contribution in [0.1, 0.15) is 27.3 Å². The summed E-state index contributed by atoms with van der Waals surface area (Å²) in [6.07, 6.45) is -4.58. The number of carbonyl (C=O) groups is 2. The molecule has 0 saturated carbocycles. The zero-order chi connectivity index (χ0) is 25.6. The molecule has 0 bridgehead atoms. The van der Waals surface area contributed by atoms with Crippen molar-refractivity contribution in [2.45, 2.75) is 18.7 Å². The molecule has 2 amide bonds. The fourth-order valence-corrected chi connectivity index (χ4v) is 4.70. The average Bonchev–Trinajstić information content (AvgIpc) is 3.58. The van der Waals surface area contributed by atoms with Crippen LogP contribution in [0.5, 0.6) is 0 Å². The second kappa shape index (κ2) is 8.75. The lowest BCUT2D eigenvalue weighted by atomic mass is 10.0. The number of nitrogens with zero attached hydrogens (tertiary/aromatic N) is 2. The number of aromatic nitrogens is 1. The number of hydrogen-bond donors (Lipinski definition) is 2. The molecule has 0 fully saturated rings. The van der Waals surface area contributed by atoms with Crippen LogP contribution < -0.4 is 11.1 Å². The van der Waals surface area contributed by atoms with E-state index >= 15 is 0 Å². The first kappa shape index (κ1) is 23.5. The van der Waals surface area contributed by atoms with E-state index in [2.05, 4.69) is 15.5 Å². The fourth-order valence-electron chi connectivity index (χ4n) is 3.70. The number of primary amides is 1. The van der Waals surface area contributed by atoms with Crippen molar-refractivity contribution >= 4 is 44.8 Å². The van der Waals surface area contributed by atoms with Crippen LogP contribution in [0, 0.1) is 5.82 Å². The Kier molecular flexibility index (Phi) is 5.71. The van der Waals surface area contributed by atoms with E-state index in [-0.39, 0.29) is 38.5 Å². The number of fused-ring (bicyclic) bond motifs is 1. The van der Waals surface area contributed by atoms with Crippen LogP contribution in [0.25, 0.3) is 21.5 Å². The summed E-state index contributed by atoms with van der Waals surface area (Å²) in [5.74, 6) is -2.06. The number of nitrogens with two attached hydrogens (primary N) is 1. The molecule has 8 nitrogen and oxygen atoms in total. The van der Waals surface area contributed by atoms with Gasteiger partial charge in [-0.3, -0.25) is 9.59 Å². The van der Waals surface area contributed by atoms with E-state index in [9.17, 15) is 27.2 Å². The molecule has 1 unspecified atom stereocenters. The van der Waals surface area contributed by atoms with Gasteiger partial charge in [-0.25, -0.2) is 9.37 Å². The Balaban J connectivity index is 1.53. The lowest BCUT2D eigenvalue weighted by molar-refractivity contribution is -0.140. The second-order valence-corrected chi connectivity index (χ2v) is 8.71. The minimum atomic E-state index is -4.78. The van der Waals surface area contributed by atoms with Crippen molar-refractivity contribution < 1.29 is 36.4 Å². The van der Waals surface area contributed by atoms with Crippen LogP contribution in [-0.2, 0) is 15.8 Å². The maximum Gasteiger partial charge on any atom is 0.433 e. The second-order valence-electron chi connectivity index (χ2n) is 7.71. The van der Waals surface area contributed by atoms with Gasteiger partial charge in [-0.05, 0) is 35.9 Å². The van der Waals surface area contributed by atoms with Gasteiger partial charge in [0.2, 0.25) is 6.10 Å². The van der Waals surface area contributed by atoms with Crippen molar-refractivity contribution in [3.63, 3.8) is 0 Å². The summed E-state index contributed by atoms with van der Waals surface area (Å²) in [6.45, 7) is 0. The van der Waals surface area contributed by atoms with Crippen LogP contribution in [-0.4, -0.2) is 28.6 Å². The quantitative estimate of drug-likeness (QED) is 0.363. The number of oxime groups is 1. The maximum atomic E-state index is 13.5. The van der Waals surface area contributed by atoms with E-state index in [1.54, 1.807) is 0 Å². The first-order chi connectivity index (χ1) is 17.1. The lowest BCUT2D eigenvalue weighted by Crippen LogP contribution is -2.29. The third-order valence-electron chi connectivity index (χ3n) is 5.35. The first-order valence-corrected chi connectivity index (χ1v) is 11.1. The Morgan fingerprint density at radius 1 is 1.17 bits per heavy atom. The van der Waals surface area contributed by atoms with E-state index in [4.69, 9.17) is 15.0 Å². The number of halogens is 4. The highest BCUT2D eigenvalue weighted by Crippen LogP contribution is 2.44. The Labute approximate surface area is 203 Å². The molecule has 184 valence electrons.